The predicted octanol–water partition coefficient (Wildman–Crippen LogP) is 0.139. The molecule has 0 fully saturated rings. The second-order valence-electron chi connectivity index (χ2n) is 1.16. The van der Waals surface area contributed by atoms with E-state index in [-0.39, 0.29) is 0 Å². The van der Waals surface area contributed by atoms with E-state index in [0.717, 1.165) is 0 Å². The first-order valence-electron chi connectivity index (χ1n) is 2.38. The zero-order valence-electron chi connectivity index (χ0n) is 4.91. The molecule has 0 N–H and O–H groups in total. The maximum Gasteiger partial charge on any atom is 0.213 e. The van der Waals surface area contributed by atoms with Gasteiger partial charge in [0.25, 0.3) is 0 Å². The number of aromatic nitrogens is 4. The molecule has 6 heteroatoms. The Bertz CT molecular complexity index is 154. The lowest BCUT2D eigenvalue weighted by molar-refractivity contribution is 0.416. The van der Waals surface area contributed by atoms with Crippen molar-refractivity contribution in [1.29, 1.82) is 0 Å². The molecule has 0 spiro atoms. The van der Waals surface area contributed by atoms with E-state index < -0.39 is 0 Å². The highest BCUT2D eigenvalue weighted by molar-refractivity contribution is 4.35. The topological polar surface area (TPSA) is 77.8 Å². The first-order chi connectivity index (χ1) is 5.00. The Kier molecular flexibility index (Phi) is 2.68. The molecule has 6 nitrogen and oxygen atoms in total. The lowest BCUT2D eigenvalue weighted by atomic mass is 11.3. The van der Waals surface area contributed by atoms with Crippen LogP contribution in [0.2, 0.25) is 0 Å². The van der Waals surface area contributed by atoms with Gasteiger partial charge >= 0.3 is 0 Å². The van der Waals surface area contributed by atoms with Crippen molar-refractivity contribution in [3.8, 4) is 0 Å². The minimum Gasteiger partial charge on any atom is -0.431 e. The van der Waals surface area contributed by atoms with Crippen LogP contribution in [0, 0.1) is 0 Å². The first kappa shape index (κ1) is 6.40. The molecule has 0 saturated heterocycles. The predicted molar refractivity (Wildman–Crippen MR) is 28.6 cm³/mol. The summed E-state index contributed by atoms with van der Waals surface area (Å²) in [6, 6.07) is 0. The van der Waals surface area contributed by atoms with Gasteiger partial charge in [-0.25, -0.2) is 4.98 Å². The molecule has 0 unspecified atom stereocenters. The lowest BCUT2D eigenvalue weighted by Gasteiger charge is -1.45. The van der Waals surface area contributed by atoms with Crippen molar-refractivity contribution in [2.75, 3.05) is 0 Å². The smallest absolute Gasteiger partial charge is 0.213 e. The van der Waals surface area contributed by atoms with Crippen LogP contribution < -0.4 is 0 Å². The van der Waals surface area contributed by atoms with Gasteiger partial charge in [0.05, 0.1) is 0 Å². The maximum absolute atomic E-state index is 4.36. The molecule has 0 aliphatic carbocycles. The highest BCUT2D eigenvalue weighted by atomic mass is 16.5. The highest BCUT2D eigenvalue weighted by Gasteiger charge is 1.61. The molecular weight excluding hydrogens is 136 g/mol. The van der Waals surface area contributed by atoms with Crippen LogP contribution in [0.4, 0.5) is 0 Å². The summed E-state index contributed by atoms with van der Waals surface area (Å²) in [5.41, 5.74) is 0. The summed E-state index contributed by atoms with van der Waals surface area (Å²) in [5.74, 6) is 0. The van der Waals surface area contributed by atoms with Crippen LogP contribution in [0.1, 0.15) is 0 Å². The SMILES string of the molecule is c1ncon1.c1nnco1. The normalized spacial score (nSPS) is 8.00. The van der Waals surface area contributed by atoms with Crippen LogP contribution in [0.25, 0.3) is 0 Å². The third-order valence-electron chi connectivity index (χ3n) is 0.565. The molecule has 0 bridgehead atoms. The van der Waals surface area contributed by atoms with Gasteiger partial charge in [0.15, 0.2) is 6.33 Å². The number of hydrogen-bond donors (Lipinski definition) is 0. The van der Waals surface area contributed by atoms with Gasteiger partial charge in [0.1, 0.15) is 0 Å². The fraction of sp³-hybridized carbons (Fsp3) is 0. The fourth-order valence-electron chi connectivity index (χ4n) is 0.272. The summed E-state index contributed by atoms with van der Waals surface area (Å²) in [6.45, 7) is 0. The quantitative estimate of drug-likeness (QED) is 0.517. The second kappa shape index (κ2) is 4.19. The first-order valence-corrected chi connectivity index (χ1v) is 2.38. The zero-order chi connectivity index (χ0) is 7.07. The minimum atomic E-state index is 1.26. The third kappa shape index (κ3) is 2.55. The molecule has 0 aliphatic rings. The van der Waals surface area contributed by atoms with E-state index in [2.05, 4.69) is 29.3 Å². The molecule has 2 aromatic heterocycles. The van der Waals surface area contributed by atoms with E-state index in [1.807, 2.05) is 0 Å². The van der Waals surface area contributed by atoms with Crippen molar-refractivity contribution in [2.24, 2.45) is 0 Å². The van der Waals surface area contributed by atoms with Gasteiger partial charge in [-0.1, -0.05) is 5.16 Å². The lowest BCUT2D eigenvalue weighted by Crippen LogP contribution is -1.53. The molecule has 0 saturated carbocycles. The van der Waals surface area contributed by atoms with E-state index in [4.69, 9.17) is 0 Å². The molecule has 0 amide bonds. The Morgan fingerprint density at radius 3 is 2.00 bits per heavy atom. The Morgan fingerprint density at radius 1 is 1.00 bits per heavy atom. The Hall–Kier alpha value is -1.72. The van der Waals surface area contributed by atoms with Crippen molar-refractivity contribution in [3.05, 3.63) is 25.5 Å². The van der Waals surface area contributed by atoms with Crippen molar-refractivity contribution < 1.29 is 8.94 Å². The molecule has 0 atom stereocenters. The molecule has 10 heavy (non-hydrogen) atoms. The molecule has 2 heterocycles. The van der Waals surface area contributed by atoms with E-state index >= 15 is 0 Å². The summed E-state index contributed by atoms with van der Waals surface area (Å²) < 4.78 is 8.58. The summed E-state index contributed by atoms with van der Waals surface area (Å²) in [6.07, 6.45) is 5.12. The number of nitrogens with zero attached hydrogens (tertiary/aromatic N) is 4. The Balaban J connectivity index is 0.0000001000. The molecule has 52 valence electrons. The van der Waals surface area contributed by atoms with Crippen LogP contribution in [-0.2, 0) is 0 Å². The van der Waals surface area contributed by atoms with Gasteiger partial charge in [-0.05, 0) is 0 Å². The summed E-state index contributed by atoms with van der Waals surface area (Å²) in [5, 5.41) is 9.85. The average Bonchev–Trinajstić information content (AvgIpc) is 2.67. The van der Waals surface area contributed by atoms with Crippen molar-refractivity contribution >= 4 is 0 Å². The van der Waals surface area contributed by atoms with E-state index in [0.29, 0.717) is 0 Å². The number of hydrogen-bond acceptors (Lipinski definition) is 6. The van der Waals surface area contributed by atoms with Crippen LogP contribution >= 0.6 is 0 Å². The Morgan fingerprint density at radius 2 is 1.80 bits per heavy atom. The van der Waals surface area contributed by atoms with Crippen LogP contribution in [0.15, 0.2) is 34.4 Å². The van der Waals surface area contributed by atoms with Crippen molar-refractivity contribution in [3.63, 3.8) is 0 Å². The standard InChI is InChI=1S/2C2H2N2O/c1-3-4-2-5-1;1-3-2-5-4-1/h2*1-2H. The van der Waals surface area contributed by atoms with E-state index in [9.17, 15) is 0 Å². The summed E-state index contributed by atoms with van der Waals surface area (Å²) >= 11 is 0. The van der Waals surface area contributed by atoms with Gasteiger partial charge in [0, 0.05) is 0 Å². The monoisotopic (exact) mass is 140 g/mol. The van der Waals surface area contributed by atoms with Gasteiger partial charge in [-0.15, -0.1) is 10.2 Å². The molecular formula is C4H4N4O2. The molecule has 0 aliphatic heterocycles. The number of rotatable bonds is 0. The molecule has 0 aromatic carbocycles. The van der Waals surface area contributed by atoms with Crippen LogP contribution in [-0.4, -0.2) is 20.3 Å². The summed E-state index contributed by atoms with van der Waals surface area (Å²) in [7, 11) is 0. The Labute approximate surface area is 55.9 Å². The zero-order valence-corrected chi connectivity index (χ0v) is 4.91. The van der Waals surface area contributed by atoms with Crippen LogP contribution in [0.3, 0.4) is 0 Å². The van der Waals surface area contributed by atoms with Gasteiger partial charge in [-0.2, -0.15) is 0 Å². The third-order valence-corrected chi connectivity index (χ3v) is 0.565. The maximum atomic E-state index is 4.36. The summed E-state index contributed by atoms with van der Waals surface area (Å²) in [4.78, 5) is 3.44. The van der Waals surface area contributed by atoms with E-state index in [1.165, 1.54) is 25.5 Å². The van der Waals surface area contributed by atoms with Crippen molar-refractivity contribution in [2.45, 2.75) is 0 Å². The second-order valence-corrected chi connectivity index (χ2v) is 1.16. The minimum absolute atomic E-state index is 1.26. The molecule has 2 aromatic rings. The van der Waals surface area contributed by atoms with E-state index in [1.54, 1.807) is 0 Å². The average molecular weight is 140 g/mol. The van der Waals surface area contributed by atoms with Crippen molar-refractivity contribution in [1.82, 2.24) is 20.3 Å². The fourth-order valence-corrected chi connectivity index (χ4v) is 0.272. The van der Waals surface area contributed by atoms with Gasteiger partial charge in [0.2, 0.25) is 19.2 Å². The molecule has 0 radical (unpaired) electrons. The van der Waals surface area contributed by atoms with Crippen LogP contribution in [0.5, 0.6) is 0 Å². The molecule has 2 rings (SSSR count). The largest absolute Gasteiger partial charge is 0.431 e. The highest BCUT2D eigenvalue weighted by Crippen LogP contribution is 1.64. The van der Waals surface area contributed by atoms with Gasteiger partial charge in [-0.3, -0.25) is 0 Å². The van der Waals surface area contributed by atoms with Gasteiger partial charge < -0.3 is 8.94 Å².